The van der Waals surface area contributed by atoms with E-state index in [4.69, 9.17) is 0 Å². The first-order valence-electron chi connectivity index (χ1n) is 8.98. The Morgan fingerprint density at radius 3 is 1.55 bits per heavy atom. The quantitative estimate of drug-likeness (QED) is 0.734. The first-order chi connectivity index (χ1) is 10.6. The molecule has 0 aromatic carbocycles. The highest BCUT2D eigenvalue weighted by Gasteiger charge is 2.25. The summed E-state index contributed by atoms with van der Waals surface area (Å²) in [5, 5.41) is 18.7. The van der Waals surface area contributed by atoms with Crippen molar-refractivity contribution in [1.82, 2.24) is 9.80 Å². The van der Waals surface area contributed by atoms with Gasteiger partial charge in [0.05, 0.1) is 0 Å². The lowest BCUT2D eigenvalue weighted by Crippen LogP contribution is -2.43. The number of likely N-dealkylation sites (tertiary alicyclic amines) is 2. The van der Waals surface area contributed by atoms with Gasteiger partial charge in [-0.15, -0.1) is 0 Å². The summed E-state index contributed by atoms with van der Waals surface area (Å²) in [7, 11) is 0. The molecule has 4 atom stereocenters. The Labute approximate surface area is 135 Å². The van der Waals surface area contributed by atoms with E-state index >= 15 is 0 Å². The van der Waals surface area contributed by atoms with E-state index < -0.39 is 0 Å². The maximum absolute atomic E-state index is 9.34. The number of piperidine rings is 2. The van der Waals surface area contributed by atoms with Gasteiger partial charge >= 0.3 is 0 Å². The average Bonchev–Trinajstić information content (AvgIpc) is 2.54. The highest BCUT2D eigenvalue weighted by Crippen LogP contribution is 2.22. The maximum atomic E-state index is 9.34. The van der Waals surface area contributed by atoms with Crippen LogP contribution in [0.3, 0.4) is 0 Å². The van der Waals surface area contributed by atoms with Crippen LogP contribution in [0.5, 0.6) is 0 Å². The topological polar surface area (TPSA) is 46.9 Å². The summed E-state index contributed by atoms with van der Waals surface area (Å²) >= 11 is 0. The standard InChI is InChI=1S/C18H34N2O2/c1-15-5-7-17(13-21)11-19(15)9-3-4-10-20-12-18(14-22)8-6-16(20)2/h3-4,15-18,21-22H,5-14H2,1-2H3/b4-3+/t15-,16-,17-,18+/m0/s1. The Kier molecular flexibility index (Phi) is 7.35. The molecular formula is C18H34N2O2. The molecule has 128 valence electrons. The molecule has 0 bridgehead atoms. The fourth-order valence-electron chi connectivity index (χ4n) is 3.75. The van der Waals surface area contributed by atoms with Crippen molar-refractivity contribution < 1.29 is 10.2 Å². The second-order valence-electron chi connectivity index (χ2n) is 7.33. The van der Waals surface area contributed by atoms with Gasteiger partial charge < -0.3 is 10.2 Å². The highest BCUT2D eigenvalue weighted by atomic mass is 16.3. The molecule has 0 saturated carbocycles. The van der Waals surface area contributed by atoms with Crippen molar-refractivity contribution in [3.63, 3.8) is 0 Å². The van der Waals surface area contributed by atoms with Crippen molar-refractivity contribution in [3.05, 3.63) is 12.2 Å². The lowest BCUT2D eigenvalue weighted by atomic mass is 9.94. The minimum absolute atomic E-state index is 0.320. The van der Waals surface area contributed by atoms with Crippen LogP contribution >= 0.6 is 0 Å². The average molecular weight is 310 g/mol. The Morgan fingerprint density at radius 1 is 0.773 bits per heavy atom. The summed E-state index contributed by atoms with van der Waals surface area (Å²) in [4.78, 5) is 4.97. The third-order valence-electron chi connectivity index (χ3n) is 5.58. The smallest absolute Gasteiger partial charge is 0.0471 e. The molecule has 2 N–H and O–H groups in total. The first kappa shape index (κ1) is 17.9. The molecule has 2 fully saturated rings. The van der Waals surface area contributed by atoms with Gasteiger partial charge in [0.2, 0.25) is 0 Å². The van der Waals surface area contributed by atoms with Crippen LogP contribution in [0.15, 0.2) is 12.2 Å². The summed E-state index contributed by atoms with van der Waals surface area (Å²) < 4.78 is 0. The van der Waals surface area contributed by atoms with Crippen LogP contribution in [0, 0.1) is 11.8 Å². The van der Waals surface area contributed by atoms with Gasteiger partial charge in [-0.1, -0.05) is 12.2 Å². The molecular weight excluding hydrogens is 276 g/mol. The summed E-state index contributed by atoms with van der Waals surface area (Å²) in [6, 6.07) is 1.25. The van der Waals surface area contributed by atoms with E-state index in [1.165, 1.54) is 12.8 Å². The fraction of sp³-hybridized carbons (Fsp3) is 0.889. The van der Waals surface area contributed by atoms with Gasteiger partial charge in [-0.2, -0.15) is 0 Å². The first-order valence-corrected chi connectivity index (χ1v) is 8.98. The van der Waals surface area contributed by atoms with Crippen molar-refractivity contribution in [2.75, 3.05) is 39.4 Å². The maximum Gasteiger partial charge on any atom is 0.0471 e. The van der Waals surface area contributed by atoms with E-state index in [2.05, 4.69) is 35.8 Å². The molecule has 2 rings (SSSR count). The second-order valence-corrected chi connectivity index (χ2v) is 7.33. The largest absolute Gasteiger partial charge is 0.396 e. The van der Waals surface area contributed by atoms with Crippen molar-refractivity contribution in [1.29, 1.82) is 0 Å². The molecule has 2 aliphatic rings. The number of aliphatic hydroxyl groups excluding tert-OH is 2. The van der Waals surface area contributed by atoms with E-state index in [0.717, 1.165) is 39.0 Å². The van der Waals surface area contributed by atoms with Gasteiger partial charge in [-0.25, -0.2) is 0 Å². The van der Waals surface area contributed by atoms with Crippen LogP contribution in [0.2, 0.25) is 0 Å². The third-order valence-corrected chi connectivity index (χ3v) is 5.58. The Morgan fingerprint density at radius 2 is 1.18 bits per heavy atom. The van der Waals surface area contributed by atoms with Crippen molar-refractivity contribution in [2.24, 2.45) is 11.8 Å². The molecule has 4 heteroatoms. The summed E-state index contributed by atoms with van der Waals surface area (Å²) in [6.45, 7) is 9.25. The molecule has 2 aliphatic heterocycles. The van der Waals surface area contributed by atoms with Crippen LogP contribution in [0.25, 0.3) is 0 Å². The minimum Gasteiger partial charge on any atom is -0.396 e. The lowest BCUT2D eigenvalue weighted by molar-refractivity contribution is 0.0895. The van der Waals surface area contributed by atoms with Gasteiger partial charge in [0.25, 0.3) is 0 Å². The summed E-state index contributed by atoms with van der Waals surface area (Å²) in [5.74, 6) is 0.911. The minimum atomic E-state index is 0.320. The number of hydrogen-bond donors (Lipinski definition) is 2. The Hall–Kier alpha value is -0.420. The summed E-state index contributed by atoms with van der Waals surface area (Å²) in [6.07, 6.45) is 9.27. The zero-order valence-electron chi connectivity index (χ0n) is 14.3. The van der Waals surface area contributed by atoms with E-state index in [1.54, 1.807) is 0 Å². The molecule has 4 nitrogen and oxygen atoms in total. The zero-order chi connectivity index (χ0) is 15.9. The normalized spacial score (nSPS) is 35.3. The Balaban J connectivity index is 1.74. The molecule has 0 aromatic rings. The van der Waals surface area contributed by atoms with Crippen LogP contribution in [0.1, 0.15) is 39.5 Å². The number of hydrogen-bond acceptors (Lipinski definition) is 4. The van der Waals surface area contributed by atoms with Crippen LogP contribution in [0.4, 0.5) is 0 Å². The zero-order valence-corrected chi connectivity index (χ0v) is 14.3. The van der Waals surface area contributed by atoms with Gasteiger partial charge in [0, 0.05) is 51.5 Å². The van der Waals surface area contributed by atoms with Crippen molar-refractivity contribution in [2.45, 2.75) is 51.6 Å². The highest BCUT2D eigenvalue weighted by molar-refractivity contribution is 4.92. The molecule has 0 radical (unpaired) electrons. The molecule has 2 saturated heterocycles. The third kappa shape index (κ3) is 5.05. The molecule has 0 unspecified atom stereocenters. The lowest BCUT2D eigenvalue weighted by Gasteiger charge is -2.37. The molecule has 0 spiro atoms. The van der Waals surface area contributed by atoms with E-state index in [1.807, 2.05) is 0 Å². The van der Waals surface area contributed by atoms with Crippen LogP contribution in [-0.2, 0) is 0 Å². The number of rotatable bonds is 6. The SMILES string of the molecule is C[C@H]1CC[C@@H](CO)CN1C/C=C/CN1C[C@@H](CO)CC[C@@H]1C. The summed E-state index contributed by atoms with van der Waals surface area (Å²) in [5.41, 5.74) is 0. The number of aliphatic hydroxyl groups is 2. The van der Waals surface area contributed by atoms with Crippen LogP contribution < -0.4 is 0 Å². The van der Waals surface area contributed by atoms with E-state index in [9.17, 15) is 10.2 Å². The van der Waals surface area contributed by atoms with Gasteiger partial charge in [-0.05, 0) is 51.4 Å². The number of nitrogens with zero attached hydrogens (tertiary/aromatic N) is 2. The molecule has 0 amide bonds. The van der Waals surface area contributed by atoms with Gasteiger partial charge in [0.15, 0.2) is 0 Å². The van der Waals surface area contributed by atoms with E-state index in [-0.39, 0.29) is 0 Å². The van der Waals surface area contributed by atoms with Crippen molar-refractivity contribution in [3.8, 4) is 0 Å². The Bertz CT molecular complexity index is 316. The monoisotopic (exact) mass is 310 g/mol. The predicted octanol–water partition coefficient (Wildman–Crippen LogP) is 1.73. The van der Waals surface area contributed by atoms with Crippen LogP contribution in [-0.4, -0.2) is 71.5 Å². The van der Waals surface area contributed by atoms with Gasteiger partial charge in [0.1, 0.15) is 0 Å². The molecule has 0 aromatic heterocycles. The molecule has 2 heterocycles. The van der Waals surface area contributed by atoms with E-state index in [0.29, 0.717) is 37.1 Å². The molecule has 22 heavy (non-hydrogen) atoms. The second kappa shape index (κ2) is 9.02. The molecule has 0 aliphatic carbocycles. The predicted molar refractivity (Wildman–Crippen MR) is 90.8 cm³/mol. The van der Waals surface area contributed by atoms with Crippen molar-refractivity contribution >= 4 is 0 Å². The fourth-order valence-corrected chi connectivity index (χ4v) is 3.75. The van der Waals surface area contributed by atoms with Gasteiger partial charge in [-0.3, -0.25) is 9.80 Å².